The van der Waals surface area contributed by atoms with Gasteiger partial charge in [-0.1, -0.05) is 11.6 Å². The smallest absolute Gasteiger partial charge is 0.269 e. The lowest BCUT2D eigenvalue weighted by Gasteiger charge is -2.01. The number of nitrogens with two attached hydrogens (primary N) is 1. The van der Waals surface area contributed by atoms with Crippen LogP contribution in [0.15, 0.2) is 18.3 Å². The van der Waals surface area contributed by atoms with Crippen LogP contribution in [0.5, 0.6) is 0 Å². The molecule has 14 heavy (non-hydrogen) atoms. The zero-order valence-corrected chi connectivity index (χ0v) is 8.94. The number of hydrogen-bond acceptors (Lipinski definition) is 3. The highest BCUT2D eigenvalue weighted by Gasteiger charge is 2.05. The first-order valence-electron chi connectivity index (χ1n) is 3.84. The standard InChI is InChI=1S/C8H10ClN3O.ClH/c9-6-1-3-11-7(5-6)8(13)12-4-2-10;/h1,3,5H,2,4,10H2,(H,12,13);1H. The first kappa shape index (κ1) is 13.2. The van der Waals surface area contributed by atoms with Crippen LogP contribution in [0.25, 0.3) is 0 Å². The monoisotopic (exact) mass is 235 g/mol. The van der Waals surface area contributed by atoms with Crippen molar-refractivity contribution in [1.29, 1.82) is 0 Å². The summed E-state index contributed by atoms with van der Waals surface area (Å²) in [6, 6.07) is 3.12. The summed E-state index contributed by atoms with van der Waals surface area (Å²) in [6.45, 7) is 0.847. The molecular weight excluding hydrogens is 225 g/mol. The van der Waals surface area contributed by atoms with Gasteiger partial charge in [-0.05, 0) is 12.1 Å². The number of nitrogens with zero attached hydrogens (tertiary/aromatic N) is 1. The van der Waals surface area contributed by atoms with E-state index in [1.165, 1.54) is 12.3 Å². The number of halogens is 2. The number of rotatable bonds is 3. The SMILES string of the molecule is Cl.NCCNC(=O)c1cc(Cl)ccn1. The summed E-state index contributed by atoms with van der Waals surface area (Å²) in [5, 5.41) is 3.08. The first-order chi connectivity index (χ1) is 6.24. The maximum absolute atomic E-state index is 11.3. The topological polar surface area (TPSA) is 68.0 Å². The van der Waals surface area contributed by atoms with Crippen LogP contribution < -0.4 is 11.1 Å². The van der Waals surface area contributed by atoms with E-state index in [0.29, 0.717) is 23.8 Å². The molecule has 0 aliphatic carbocycles. The fraction of sp³-hybridized carbons (Fsp3) is 0.250. The number of hydrogen-bond donors (Lipinski definition) is 2. The van der Waals surface area contributed by atoms with E-state index in [9.17, 15) is 4.79 Å². The van der Waals surface area contributed by atoms with Crippen molar-refractivity contribution < 1.29 is 4.79 Å². The number of carbonyl (C=O) groups is 1. The minimum Gasteiger partial charge on any atom is -0.349 e. The number of aromatic nitrogens is 1. The minimum atomic E-state index is -0.257. The molecule has 1 rings (SSSR count). The second-order valence-electron chi connectivity index (χ2n) is 2.40. The van der Waals surface area contributed by atoms with Gasteiger partial charge in [0.15, 0.2) is 0 Å². The van der Waals surface area contributed by atoms with Crippen LogP contribution in [-0.4, -0.2) is 24.0 Å². The highest BCUT2D eigenvalue weighted by Crippen LogP contribution is 2.07. The molecule has 0 spiro atoms. The van der Waals surface area contributed by atoms with Crippen molar-refractivity contribution >= 4 is 29.9 Å². The van der Waals surface area contributed by atoms with E-state index >= 15 is 0 Å². The van der Waals surface area contributed by atoms with Crippen molar-refractivity contribution in [3.05, 3.63) is 29.0 Å². The Morgan fingerprint density at radius 3 is 2.93 bits per heavy atom. The second-order valence-corrected chi connectivity index (χ2v) is 2.84. The van der Waals surface area contributed by atoms with Crippen LogP contribution in [0, 0.1) is 0 Å². The summed E-state index contributed by atoms with van der Waals surface area (Å²) in [5.74, 6) is -0.257. The third kappa shape index (κ3) is 3.91. The van der Waals surface area contributed by atoms with Crippen LogP contribution in [0.4, 0.5) is 0 Å². The Labute approximate surface area is 93.3 Å². The lowest BCUT2D eigenvalue weighted by Crippen LogP contribution is -2.29. The van der Waals surface area contributed by atoms with E-state index in [0.717, 1.165) is 0 Å². The van der Waals surface area contributed by atoms with Gasteiger partial charge in [-0.2, -0.15) is 0 Å². The number of pyridine rings is 1. The molecule has 1 amide bonds. The molecule has 0 aliphatic heterocycles. The van der Waals surface area contributed by atoms with E-state index in [1.54, 1.807) is 6.07 Å². The Hall–Kier alpha value is -0.840. The van der Waals surface area contributed by atoms with Crippen molar-refractivity contribution in [1.82, 2.24) is 10.3 Å². The minimum absolute atomic E-state index is 0. The molecule has 0 aliphatic rings. The Kier molecular flexibility index (Phi) is 6.19. The molecule has 1 heterocycles. The molecule has 0 saturated heterocycles. The summed E-state index contributed by atoms with van der Waals surface area (Å²) in [7, 11) is 0. The van der Waals surface area contributed by atoms with Gasteiger partial charge in [0, 0.05) is 24.3 Å². The largest absolute Gasteiger partial charge is 0.349 e. The lowest BCUT2D eigenvalue weighted by molar-refractivity contribution is 0.0950. The van der Waals surface area contributed by atoms with E-state index in [-0.39, 0.29) is 18.3 Å². The summed E-state index contributed by atoms with van der Waals surface area (Å²) in [6.07, 6.45) is 1.49. The van der Waals surface area contributed by atoms with Gasteiger partial charge in [0.05, 0.1) is 0 Å². The van der Waals surface area contributed by atoms with Gasteiger partial charge in [-0.15, -0.1) is 12.4 Å². The molecule has 0 radical (unpaired) electrons. The fourth-order valence-electron chi connectivity index (χ4n) is 0.805. The maximum Gasteiger partial charge on any atom is 0.269 e. The zero-order valence-electron chi connectivity index (χ0n) is 7.37. The Morgan fingerprint density at radius 2 is 2.36 bits per heavy atom. The Balaban J connectivity index is 0.00000169. The molecule has 1 aromatic heterocycles. The summed E-state index contributed by atoms with van der Waals surface area (Å²) in [4.78, 5) is 15.1. The van der Waals surface area contributed by atoms with Crippen molar-refractivity contribution in [3.63, 3.8) is 0 Å². The molecule has 6 heteroatoms. The Bertz CT molecular complexity index is 306. The Morgan fingerprint density at radius 1 is 1.64 bits per heavy atom. The molecule has 0 atom stereocenters. The molecule has 0 bridgehead atoms. The number of amides is 1. The van der Waals surface area contributed by atoms with E-state index < -0.39 is 0 Å². The molecule has 3 N–H and O–H groups in total. The third-order valence-electron chi connectivity index (χ3n) is 1.38. The van der Waals surface area contributed by atoms with Crippen molar-refractivity contribution in [2.45, 2.75) is 0 Å². The van der Waals surface area contributed by atoms with E-state index in [4.69, 9.17) is 17.3 Å². The molecular formula is C8H11Cl2N3O. The van der Waals surface area contributed by atoms with E-state index in [2.05, 4.69) is 10.3 Å². The molecule has 78 valence electrons. The quantitative estimate of drug-likeness (QED) is 0.817. The van der Waals surface area contributed by atoms with E-state index in [1.807, 2.05) is 0 Å². The molecule has 0 saturated carbocycles. The number of carbonyl (C=O) groups excluding carboxylic acids is 1. The van der Waals surface area contributed by atoms with Crippen molar-refractivity contribution in [2.24, 2.45) is 5.73 Å². The van der Waals surface area contributed by atoms with Gasteiger partial charge in [0.25, 0.3) is 5.91 Å². The summed E-state index contributed by atoms with van der Waals surface area (Å²) in [5.41, 5.74) is 5.53. The van der Waals surface area contributed by atoms with Gasteiger partial charge < -0.3 is 11.1 Å². The second kappa shape index (κ2) is 6.59. The highest BCUT2D eigenvalue weighted by atomic mass is 35.5. The predicted molar refractivity (Wildman–Crippen MR) is 57.9 cm³/mol. The van der Waals surface area contributed by atoms with Gasteiger partial charge in [-0.3, -0.25) is 9.78 Å². The van der Waals surface area contributed by atoms with Gasteiger partial charge in [0.1, 0.15) is 5.69 Å². The lowest BCUT2D eigenvalue weighted by atomic mass is 10.3. The van der Waals surface area contributed by atoms with Crippen LogP contribution in [-0.2, 0) is 0 Å². The van der Waals surface area contributed by atoms with Gasteiger partial charge in [0.2, 0.25) is 0 Å². The molecule has 0 aromatic carbocycles. The summed E-state index contributed by atoms with van der Waals surface area (Å²) >= 11 is 5.68. The van der Waals surface area contributed by atoms with Crippen LogP contribution in [0.3, 0.4) is 0 Å². The normalized spacial score (nSPS) is 9.00. The first-order valence-corrected chi connectivity index (χ1v) is 4.21. The molecule has 0 unspecified atom stereocenters. The third-order valence-corrected chi connectivity index (χ3v) is 1.62. The predicted octanol–water partition coefficient (Wildman–Crippen LogP) is 0.845. The van der Waals surface area contributed by atoms with Crippen LogP contribution in [0.1, 0.15) is 10.5 Å². The summed E-state index contributed by atoms with van der Waals surface area (Å²) < 4.78 is 0. The molecule has 4 nitrogen and oxygen atoms in total. The van der Waals surface area contributed by atoms with Crippen molar-refractivity contribution in [2.75, 3.05) is 13.1 Å². The molecule has 1 aromatic rings. The zero-order chi connectivity index (χ0) is 9.68. The highest BCUT2D eigenvalue weighted by molar-refractivity contribution is 6.30. The average molecular weight is 236 g/mol. The van der Waals surface area contributed by atoms with Crippen LogP contribution >= 0.6 is 24.0 Å². The molecule has 0 fully saturated rings. The maximum atomic E-state index is 11.3. The van der Waals surface area contributed by atoms with Crippen molar-refractivity contribution in [3.8, 4) is 0 Å². The van der Waals surface area contributed by atoms with Crippen LogP contribution in [0.2, 0.25) is 5.02 Å². The van der Waals surface area contributed by atoms with Gasteiger partial charge >= 0.3 is 0 Å². The van der Waals surface area contributed by atoms with Gasteiger partial charge in [-0.25, -0.2) is 0 Å². The fourth-order valence-corrected chi connectivity index (χ4v) is 0.965. The number of nitrogens with one attached hydrogen (secondary N) is 1. The average Bonchev–Trinajstić information content (AvgIpc) is 2.14.